The molecule has 31 heavy (non-hydrogen) atoms. The molecule has 1 heterocycles. The quantitative estimate of drug-likeness (QED) is 0.190. The summed E-state index contributed by atoms with van der Waals surface area (Å²) in [6.07, 6.45) is 10.7. The Morgan fingerprint density at radius 3 is 2.23 bits per heavy atom. The van der Waals surface area contributed by atoms with Crippen LogP contribution in [-0.2, 0) is 19.2 Å². The maximum Gasteiger partial charge on any atom is 0.242 e. The van der Waals surface area contributed by atoms with E-state index in [1.165, 1.54) is 23.6 Å². The predicted octanol–water partition coefficient (Wildman–Crippen LogP) is 5.75. The zero-order valence-electron chi connectivity index (χ0n) is 20.5. The van der Waals surface area contributed by atoms with E-state index in [0.717, 1.165) is 38.5 Å². The Morgan fingerprint density at radius 2 is 1.74 bits per heavy atom. The van der Waals surface area contributed by atoms with Gasteiger partial charge in [0.25, 0.3) is 0 Å². The van der Waals surface area contributed by atoms with Crippen LogP contribution in [-0.4, -0.2) is 45.8 Å². The average Bonchev–Trinajstić information content (AvgIpc) is 3.00. The van der Waals surface area contributed by atoms with E-state index in [9.17, 15) is 19.2 Å². The van der Waals surface area contributed by atoms with Gasteiger partial charge < -0.3 is 0 Å². The highest BCUT2D eigenvalue weighted by Gasteiger charge is 2.38. The van der Waals surface area contributed by atoms with Crippen LogP contribution in [0.25, 0.3) is 0 Å². The highest BCUT2D eigenvalue weighted by Crippen LogP contribution is 2.29. The zero-order chi connectivity index (χ0) is 23.9. The molecule has 1 fully saturated rings. The van der Waals surface area contributed by atoms with Crippen LogP contribution in [0, 0.1) is 5.41 Å². The summed E-state index contributed by atoms with van der Waals surface area (Å²) in [5, 5.41) is -0.335. The summed E-state index contributed by atoms with van der Waals surface area (Å²) in [6.45, 7) is 12.3. The topological polar surface area (TPSA) is 71.5 Å². The minimum atomic E-state index is -0.335. The Labute approximate surface area is 193 Å². The first-order chi connectivity index (χ1) is 14.7. The third kappa shape index (κ3) is 11.1. The third-order valence-electron chi connectivity index (χ3n) is 5.97. The van der Waals surface area contributed by atoms with E-state index in [1.807, 2.05) is 13.8 Å². The molecule has 1 saturated heterocycles. The van der Waals surface area contributed by atoms with Crippen molar-refractivity contribution in [1.29, 1.82) is 0 Å². The van der Waals surface area contributed by atoms with Crippen LogP contribution in [0.2, 0.25) is 0 Å². The maximum atomic E-state index is 12.3. The minimum Gasteiger partial charge on any atom is -0.300 e. The Bertz CT molecular complexity index is 611. The van der Waals surface area contributed by atoms with Gasteiger partial charge in [-0.3, -0.25) is 24.1 Å². The van der Waals surface area contributed by atoms with Gasteiger partial charge in [-0.15, -0.1) is 11.8 Å². The van der Waals surface area contributed by atoms with Crippen molar-refractivity contribution in [1.82, 2.24) is 4.90 Å². The number of amides is 2. The second-order valence-corrected chi connectivity index (χ2v) is 9.69. The number of Topliss-reactive ketones (excluding diaryl/α,β-unsaturated/α-hetero) is 2. The molecule has 1 aliphatic rings. The Hall–Kier alpha value is -1.43. The van der Waals surface area contributed by atoms with Crippen LogP contribution in [0.15, 0.2) is 12.2 Å². The number of rotatable bonds is 14. The van der Waals surface area contributed by atoms with Crippen molar-refractivity contribution in [3.63, 3.8) is 0 Å². The van der Waals surface area contributed by atoms with E-state index in [-0.39, 0.29) is 34.7 Å². The summed E-state index contributed by atoms with van der Waals surface area (Å²) < 4.78 is 0. The number of carbonyl (C=O) groups is 4. The summed E-state index contributed by atoms with van der Waals surface area (Å²) in [4.78, 5) is 49.0. The number of carbonyl (C=O) groups excluding carboxylic acids is 4. The fourth-order valence-corrected chi connectivity index (χ4v) is 4.50. The molecule has 178 valence electrons. The number of allylic oxidation sites excluding steroid dienone is 2. The van der Waals surface area contributed by atoms with Gasteiger partial charge in [-0.05, 0) is 46.0 Å². The van der Waals surface area contributed by atoms with E-state index >= 15 is 0 Å². The van der Waals surface area contributed by atoms with E-state index in [2.05, 4.69) is 32.9 Å². The van der Waals surface area contributed by atoms with Crippen molar-refractivity contribution in [2.75, 3.05) is 12.3 Å². The van der Waals surface area contributed by atoms with Gasteiger partial charge in [-0.25, -0.2) is 0 Å². The fraction of sp³-hybridized carbons (Fsp3) is 0.760. The smallest absolute Gasteiger partial charge is 0.242 e. The fourth-order valence-electron chi connectivity index (χ4n) is 3.28. The number of thioether (sulfide) groups is 1. The Balaban J connectivity index is 0.00000161. The number of imide groups is 1. The molecule has 0 saturated carbocycles. The van der Waals surface area contributed by atoms with Crippen molar-refractivity contribution >= 4 is 35.1 Å². The molecule has 0 aliphatic carbocycles. The molecule has 6 heteroatoms. The number of nitrogens with zero attached hydrogens (tertiary/aromatic N) is 1. The molecule has 0 aromatic heterocycles. The highest BCUT2D eigenvalue weighted by atomic mass is 32.2. The minimum absolute atomic E-state index is 0.0999. The summed E-state index contributed by atoms with van der Waals surface area (Å²) >= 11 is 1.41. The number of hydrogen-bond acceptors (Lipinski definition) is 5. The molecular weight excluding hydrogens is 410 g/mol. The molecule has 1 unspecified atom stereocenters. The molecule has 0 bridgehead atoms. The number of likely N-dealkylation sites (tertiary alicyclic amines) is 1. The van der Waals surface area contributed by atoms with Crippen molar-refractivity contribution in [3.8, 4) is 0 Å². The standard InChI is InChI=1S/C20H33NO4S.C5H10/c1-5-20(4,6-2)17(23)10-8-7-9-12-21-18(24)14-16(19(21)25)26-13-11-15(3)22;1-3-5-4-2/h16H,5-14H2,1-4H3;3,5H,4H2,1-2H3/b;5-3+. The van der Waals surface area contributed by atoms with Gasteiger partial charge in [-0.2, -0.15) is 0 Å². The third-order valence-corrected chi connectivity index (χ3v) is 7.18. The molecule has 0 aromatic rings. The lowest BCUT2D eigenvalue weighted by atomic mass is 9.78. The van der Waals surface area contributed by atoms with Crippen molar-refractivity contribution in [3.05, 3.63) is 12.2 Å². The number of unbranched alkanes of at least 4 members (excludes halogenated alkanes) is 2. The highest BCUT2D eigenvalue weighted by molar-refractivity contribution is 8.00. The van der Waals surface area contributed by atoms with E-state index in [1.54, 1.807) is 0 Å². The van der Waals surface area contributed by atoms with Crippen molar-refractivity contribution in [2.45, 2.75) is 105 Å². The molecule has 1 rings (SSSR count). The summed E-state index contributed by atoms with van der Waals surface area (Å²) in [7, 11) is 0. The molecule has 0 N–H and O–H groups in total. The molecule has 0 radical (unpaired) electrons. The van der Waals surface area contributed by atoms with E-state index in [0.29, 0.717) is 30.9 Å². The second kappa shape index (κ2) is 16.2. The second-order valence-electron chi connectivity index (χ2n) is 8.38. The van der Waals surface area contributed by atoms with Gasteiger partial charge in [0.2, 0.25) is 11.8 Å². The van der Waals surface area contributed by atoms with E-state index < -0.39 is 0 Å². The predicted molar refractivity (Wildman–Crippen MR) is 130 cm³/mol. The molecule has 1 atom stereocenters. The van der Waals surface area contributed by atoms with Crippen LogP contribution >= 0.6 is 11.8 Å². The van der Waals surface area contributed by atoms with Crippen LogP contribution in [0.5, 0.6) is 0 Å². The number of ketones is 2. The first-order valence-corrected chi connectivity index (χ1v) is 12.8. The van der Waals surface area contributed by atoms with Crippen LogP contribution in [0.4, 0.5) is 0 Å². The lowest BCUT2D eigenvalue weighted by molar-refractivity contribution is -0.138. The lowest BCUT2D eigenvalue weighted by Crippen LogP contribution is -2.32. The summed E-state index contributed by atoms with van der Waals surface area (Å²) in [6, 6.07) is 0. The molecule has 5 nitrogen and oxygen atoms in total. The Kier molecular flexibility index (Phi) is 15.5. The van der Waals surface area contributed by atoms with Gasteiger partial charge in [-0.1, -0.05) is 46.3 Å². The van der Waals surface area contributed by atoms with Gasteiger partial charge in [0.15, 0.2) is 0 Å². The molecule has 0 spiro atoms. The average molecular weight is 454 g/mol. The Morgan fingerprint density at radius 1 is 1.10 bits per heavy atom. The van der Waals surface area contributed by atoms with E-state index in [4.69, 9.17) is 0 Å². The van der Waals surface area contributed by atoms with Crippen LogP contribution in [0.3, 0.4) is 0 Å². The van der Waals surface area contributed by atoms with Crippen molar-refractivity contribution < 1.29 is 19.2 Å². The first-order valence-electron chi connectivity index (χ1n) is 11.8. The SMILES string of the molecule is C/C=C/CC.CCC(C)(CC)C(=O)CCCCCN1C(=O)CC(SCCC(C)=O)C1=O. The summed E-state index contributed by atoms with van der Waals surface area (Å²) in [5.74, 6) is 0.767. The normalized spacial score (nSPS) is 16.6. The molecular formula is C25H43NO4S. The van der Waals surface area contributed by atoms with Crippen LogP contribution < -0.4 is 0 Å². The lowest BCUT2D eigenvalue weighted by Gasteiger charge is -2.24. The van der Waals surface area contributed by atoms with Crippen LogP contribution in [0.1, 0.15) is 99.3 Å². The molecule has 2 amide bonds. The largest absolute Gasteiger partial charge is 0.300 e. The first kappa shape index (κ1) is 29.6. The monoisotopic (exact) mass is 453 g/mol. The number of hydrogen-bond donors (Lipinski definition) is 0. The zero-order valence-corrected chi connectivity index (χ0v) is 21.3. The van der Waals surface area contributed by atoms with Gasteiger partial charge in [0.05, 0.1) is 5.25 Å². The maximum absolute atomic E-state index is 12.3. The van der Waals surface area contributed by atoms with Gasteiger partial charge in [0.1, 0.15) is 11.6 Å². The summed E-state index contributed by atoms with van der Waals surface area (Å²) in [5.41, 5.74) is -0.217. The van der Waals surface area contributed by atoms with Gasteiger partial charge >= 0.3 is 0 Å². The van der Waals surface area contributed by atoms with Gasteiger partial charge in [0, 0.05) is 37.0 Å². The molecule has 0 aromatic carbocycles. The van der Waals surface area contributed by atoms with Crippen molar-refractivity contribution in [2.24, 2.45) is 5.41 Å². The molecule has 1 aliphatic heterocycles.